The first-order chi connectivity index (χ1) is 14.5. The van der Waals surface area contributed by atoms with E-state index in [0.717, 1.165) is 30.8 Å². The zero-order valence-electron chi connectivity index (χ0n) is 16.6. The Morgan fingerprint density at radius 2 is 2.20 bits per heavy atom. The Morgan fingerprint density at radius 1 is 1.37 bits per heavy atom. The van der Waals surface area contributed by atoms with Gasteiger partial charge in [-0.2, -0.15) is 5.26 Å². The highest BCUT2D eigenvalue weighted by Gasteiger charge is 2.27. The Kier molecular flexibility index (Phi) is 5.57. The van der Waals surface area contributed by atoms with Gasteiger partial charge < -0.3 is 10.2 Å². The van der Waals surface area contributed by atoms with Crippen molar-refractivity contribution < 1.29 is 8.42 Å². The van der Waals surface area contributed by atoms with Crippen molar-refractivity contribution in [3.8, 4) is 6.07 Å². The number of hydrogen-bond acceptors (Lipinski definition) is 8. The molecule has 156 valence electrons. The number of rotatable bonds is 6. The van der Waals surface area contributed by atoms with E-state index in [1.165, 1.54) is 0 Å². The van der Waals surface area contributed by atoms with Gasteiger partial charge in [0.1, 0.15) is 18.1 Å². The molecule has 0 spiro atoms. The second-order valence-electron chi connectivity index (χ2n) is 7.21. The Labute approximate surface area is 175 Å². The predicted molar refractivity (Wildman–Crippen MR) is 117 cm³/mol. The lowest BCUT2D eigenvalue weighted by molar-refractivity contribution is 0.225. The minimum Gasteiger partial charge on any atom is -0.343 e. The average Bonchev–Trinajstić information content (AvgIpc) is 2.73. The van der Waals surface area contributed by atoms with Crippen molar-refractivity contribution in [2.24, 2.45) is 4.99 Å². The van der Waals surface area contributed by atoms with Crippen molar-refractivity contribution in [1.29, 1.82) is 5.26 Å². The lowest BCUT2D eigenvalue weighted by atomic mass is 10.1. The van der Waals surface area contributed by atoms with E-state index in [-0.39, 0.29) is 23.2 Å². The zero-order chi connectivity index (χ0) is 21.1. The Hall–Kier alpha value is -3.16. The summed E-state index contributed by atoms with van der Waals surface area (Å²) in [5.74, 6) is 0.552. The summed E-state index contributed by atoms with van der Waals surface area (Å²) in [5.41, 5.74) is 2.76. The molecule has 0 saturated carbocycles. The molecule has 30 heavy (non-hydrogen) atoms. The third-order valence-electron chi connectivity index (χ3n) is 4.99. The second-order valence-corrected chi connectivity index (χ2v) is 9.05. The Bertz CT molecular complexity index is 1120. The highest BCUT2D eigenvalue weighted by molar-refractivity contribution is 7.92. The molecule has 1 atom stereocenters. The maximum Gasteiger partial charge on any atom is 0.232 e. The van der Waals surface area contributed by atoms with Crippen molar-refractivity contribution in [3.63, 3.8) is 0 Å². The molecule has 1 saturated heterocycles. The first-order valence-corrected chi connectivity index (χ1v) is 11.5. The standard InChI is InChI=1S/C20H23N7O2S/c1-2-9-30(28,29)26-17-6-3-5-16(15(17)11-21)25-19-10-14-18(12-23-19)24-13-27-8-4-7-22-20(14)27/h3,5-6,10,12-13,20,22,26H,2,4,7-9H2,1H3,(H,23,25). The summed E-state index contributed by atoms with van der Waals surface area (Å²) in [5, 5.41) is 16.3. The molecule has 1 unspecified atom stereocenters. The molecule has 2 aliphatic heterocycles. The zero-order valence-corrected chi connectivity index (χ0v) is 17.4. The molecule has 0 amide bonds. The van der Waals surface area contributed by atoms with Crippen LogP contribution >= 0.6 is 0 Å². The topological polar surface area (TPSA) is 123 Å². The number of aliphatic imine (C=N–C) groups is 1. The van der Waals surface area contributed by atoms with Gasteiger partial charge in [0.2, 0.25) is 10.0 Å². The molecule has 1 aromatic carbocycles. The van der Waals surface area contributed by atoms with Gasteiger partial charge in [0, 0.05) is 12.1 Å². The van der Waals surface area contributed by atoms with E-state index in [4.69, 9.17) is 0 Å². The first kappa shape index (κ1) is 20.1. The van der Waals surface area contributed by atoms with Gasteiger partial charge in [0.25, 0.3) is 0 Å². The largest absolute Gasteiger partial charge is 0.343 e. The molecule has 10 heteroatoms. The molecular weight excluding hydrogens is 402 g/mol. The number of hydrogen-bond donors (Lipinski definition) is 3. The van der Waals surface area contributed by atoms with Crippen LogP contribution in [0, 0.1) is 11.3 Å². The smallest absolute Gasteiger partial charge is 0.232 e. The van der Waals surface area contributed by atoms with E-state index >= 15 is 0 Å². The SMILES string of the molecule is CCCS(=O)(=O)Nc1cccc(Nc2cc3c(cn2)N=CN2CCCNC32)c1C#N. The maximum absolute atomic E-state index is 12.2. The Balaban J connectivity index is 1.63. The van der Waals surface area contributed by atoms with Crippen LogP contribution in [-0.4, -0.2) is 43.5 Å². The minimum absolute atomic E-state index is 0.00664. The molecule has 2 aromatic rings. The van der Waals surface area contributed by atoms with Crippen LogP contribution in [-0.2, 0) is 10.0 Å². The van der Waals surface area contributed by atoms with Crippen molar-refractivity contribution in [1.82, 2.24) is 15.2 Å². The van der Waals surface area contributed by atoms with Gasteiger partial charge in [-0.3, -0.25) is 10.0 Å². The molecule has 4 rings (SSSR count). The summed E-state index contributed by atoms with van der Waals surface area (Å²) in [7, 11) is -3.51. The van der Waals surface area contributed by atoms with Gasteiger partial charge in [0.05, 0.1) is 40.9 Å². The summed E-state index contributed by atoms with van der Waals surface area (Å²) < 4.78 is 26.8. The number of aromatic nitrogens is 1. The fraction of sp³-hybridized carbons (Fsp3) is 0.350. The lowest BCUT2D eigenvalue weighted by Crippen LogP contribution is -2.45. The van der Waals surface area contributed by atoms with Gasteiger partial charge in [-0.15, -0.1) is 0 Å². The van der Waals surface area contributed by atoms with E-state index in [9.17, 15) is 13.7 Å². The van der Waals surface area contributed by atoms with Gasteiger partial charge >= 0.3 is 0 Å². The highest BCUT2D eigenvalue weighted by atomic mass is 32.2. The molecule has 3 N–H and O–H groups in total. The second kappa shape index (κ2) is 8.30. The third kappa shape index (κ3) is 4.08. The number of nitrogens with zero attached hydrogens (tertiary/aromatic N) is 4. The molecule has 0 radical (unpaired) electrons. The molecule has 9 nitrogen and oxygen atoms in total. The summed E-state index contributed by atoms with van der Waals surface area (Å²) >= 11 is 0. The molecular formula is C20H23N7O2S. The summed E-state index contributed by atoms with van der Waals surface area (Å²) in [6.45, 7) is 3.65. The van der Waals surface area contributed by atoms with E-state index in [1.54, 1.807) is 31.3 Å². The van der Waals surface area contributed by atoms with E-state index in [2.05, 4.69) is 36.3 Å². The number of nitriles is 1. The molecule has 0 bridgehead atoms. The summed E-state index contributed by atoms with van der Waals surface area (Å²) in [6, 6.07) is 9.01. The predicted octanol–water partition coefficient (Wildman–Crippen LogP) is 2.82. The van der Waals surface area contributed by atoms with Crippen LogP contribution in [0.3, 0.4) is 0 Å². The van der Waals surface area contributed by atoms with Crippen LogP contribution in [0.4, 0.5) is 22.9 Å². The fourth-order valence-corrected chi connectivity index (χ4v) is 4.79. The van der Waals surface area contributed by atoms with Crippen molar-refractivity contribution in [2.45, 2.75) is 25.9 Å². The maximum atomic E-state index is 12.2. The normalized spacial score (nSPS) is 17.6. The van der Waals surface area contributed by atoms with E-state index in [0.29, 0.717) is 17.9 Å². The summed E-state index contributed by atoms with van der Waals surface area (Å²) in [4.78, 5) is 11.0. The van der Waals surface area contributed by atoms with Gasteiger partial charge in [-0.25, -0.2) is 18.4 Å². The molecule has 1 fully saturated rings. The number of nitrogens with one attached hydrogen (secondary N) is 3. The van der Waals surface area contributed by atoms with Gasteiger partial charge in [0.15, 0.2) is 0 Å². The molecule has 1 aromatic heterocycles. The quantitative estimate of drug-likeness (QED) is 0.650. The van der Waals surface area contributed by atoms with Crippen molar-refractivity contribution in [2.75, 3.05) is 28.9 Å². The first-order valence-electron chi connectivity index (χ1n) is 9.84. The van der Waals surface area contributed by atoms with Crippen LogP contribution in [0.2, 0.25) is 0 Å². The average molecular weight is 426 g/mol. The fourth-order valence-electron chi connectivity index (χ4n) is 3.64. The third-order valence-corrected chi connectivity index (χ3v) is 6.47. The molecule has 2 aliphatic rings. The molecule has 3 heterocycles. The van der Waals surface area contributed by atoms with Crippen molar-refractivity contribution >= 4 is 39.2 Å². The Morgan fingerprint density at radius 3 is 3.00 bits per heavy atom. The number of benzene rings is 1. The van der Waals surface area contributed by atoms with E-state index in [1.807, 2.05) is 12.4 Å². The van der Waals surface area contributed by atoms with Gasteiger partial charge in [-0.05, 0) is 37.6 Å². The number of anilines is 3. The number of fused-ring (bicyclic) bond motifs is 3. The monoisotopic (exact) mass is 425 g/mol. The van der Waals surface area contributed by atoms with Crippen LogP contribution in [0.5, 0.6) is 0 Å². The number of sulfonamides is 1. The summed E-state index contributed by atoms with van der Waals surface area (Å²) in [6.07, 6.45) is 5.12. The molecule has 0 aliphatic carbocycles. The van der Waals surface area contributed by atoms with Crippen LogP contribution in [0.25, 0.3) is 0 Å². The van der Waals surface area contributed by atoms with Crippen LogP contribution < -0.4 is 15.4 Å². The van der Waals surface area contributed by atoms with Crippen LogP contribution in [0.1, 0.15) is 37.1 Å². The number of pyridine rings is 1. The lowest BCUT2D eigenvalue weighted by Gasteiger charge is -2.38. The van der Waals surface area contributed by atoms with Crippen LogP contribution in [0.15, 0.2) is 35.5 Å². The minimum atomic E-state index is -3.51. The van der Waals surface area contributed by atoms with Crippen molar-refractivity contribution in [3.05, 3.63) is 41.6 Å². The van der Waals surface area contributed by atoms with E-state index < -0.39 is 10.0 Å². The van der Waals surface area contributed by atoms with Gasteiger partial charge in [-0.1, -0.05) is 13.0 Å². The highest BCUT2D eigenvalue weighted by Crippen LogP contribution is 2.35.